The molecule has 2 aromatic carbocycles. The maximum atomic E-state index is 12.9. The van der Waals surface area contributed by atoms with Crippen LogP contribution in [0.15, 0.2) is 60.8 Å². The number of aryl methyl sites for hydroxylation is 1. The highest BCUT2D eigenvalue weighted by Crippen LogP contribution is 2.22. The number of carbonyl (C=O) groups is 2. The van der Waals surface area contributed by atoms with E-state index in [9.17, 15) is 14.7 Å². The van der Waals surface area contributed by atoms with Gasteiger partial charge in [0.1, 0.15) is 6.54 Å². The molecule has 0 atom stereocenters. The molecule has 0 fully saturated rings. The van der Waals surface area contributed by atoms with Crippen LogP contribution in [0, 0.1) is 0 Å². The lowest BCUT2D eigenvalue weighted by molar-refractivity contribution is -0.129. The molecule has 0 saturated carbocycles. The van der Waals surface area contributed by atoms with E-state index < -0.39 is 5.91 Å². The molecule has 0 aliphatic heterocycles. The average Bonchev–Trinajstić information content (AvgIpc) is 3.14. The number of aliphatic hydroxyl groups excluding tert-OH is 1. The van der Waals surface area contributed by atoms with E-state index in [1.807, 2.05) is 65.4 Å². The van der Waals surface area contributed by atoms with Gasteiger partial charge in [-0.25, -0.2) is 5.48 Å². The molecule has 1 heterocycles. The SMILES string of the molecule is O=C(CCc1cccc2c1ccn2CC(=O)N(CCO)c1ccccc1)NO. The second kappa shape index (κ2) is 9.16. The van der Waals surface area contributed by atoms with E-state index in [0.29, 0.717) is 6.42 Å². The third kappa shape index (κ3) is 4.39. The molecule has 0 aliphatic carbocycles. The van der Waals surface area contributed by atoms with Crippen LogP contribution in [-0.4, -0.2) is 39.8 Å². The van der Waals surface area contributed by atoms with Crippen molar-refractivity contribution >= 4 is 28.4 Å². The Labute approximate surface area is 162 Å². The van der Waals surface area contributed by atoms with Gasteiger partial charge in [-0.2, -0.15) is 0 Å². The number of hydrogen-bond acceptors (Lipinski definition) is 4. The number of carbonyl (C=O) groups excluding carboxylic acids is 2. The lowest BCUT2D eigenvalue weighted by Gasteiger charge is -2.22. The van der Waals surface area contributed by atoms with Crippen molar-refractivity contribution < 1.29 is 19.9 Å². The van der Waals surface area contributed by atoms with Gasteiger partial charge in [-0.15, -0.1) is 0 Å². The summed E-state index contributed by atoms with van der Waals surface area (Å²) in [7, 11) is 0. The molecule has 3 N–H and O–H groups in total. The molecule has 2 amide bonds. The van der Waals surface area contributed by atoms with Gasteiger partial charge in [0.2, 0.25) is 11.8 Å². The van der Waals surface area contributed by atoms with Gasteiger partial charge in [0.15, 0.2) is 0 Å². The van der Waals surface area contributed by atoms with Gasteiger partial charge in [0.25, 0.3) is 0 Å². The molecule has 3 aromatic rings. The highest BCUT2D eigenvalue weighted by Gasteiger charge is 2.17. The highest BCUT2D eigenvalue weighted by atomic mass is 16.5. The number of fused-ring (bicyclic) bond motifs is 1. The Balaban J connectivity index is 1.82. The fourth-order valence-electron chi connectivity index (χ4n) is 3.28. The third-order valence-corrected chi connectivity index (χ3v) is 4.65. The van der Waals surface area contributed by atoms with Gasteiger partial charge in [0.05, 0.1) is 6.61 Å². The van der Waals surface area contributed by atoms with Crippen LogP contribution >= 0.6 is 0 Å². The zero-order valence-corrected chi connectivity index (χ0v) is 15.4. The summed E-state index contributed by atoms with van der Waals surface area (Å²) in [5.74, 6) is -0.558. The van der Waals surface area contributed by atoms with Crippen LogP contribution in [0.4, 0.5) is 5.69 Å². The number of amides is 2. The number of hydrogen-bond donors (Lipinski definition) is 3. The molecule has 0 bridgehead atoms. The monoisotopic (exact) mass is 381 g/mol. The number of anilines is 1. The van der Waals surface area contributed by atoms with Crippen molar-refractivity contribution in [2.45, 2.75) is 19.4 Å². The van der Waals surface area contributed by atoms with E-state index in [4.69, 9.17) is 5.21 Å². The van der Waals surface area contributed by atoms with Gasteiger partial charge in [-0.1, -0.05) is 30.3 Å². The minimum absolute atomic E-state index is 0.121. The Kier molecular flexibility index (Phi) is 6.41. The largest absolute Gasteiger partial charge is 0.395 e. The van der Waals surface area contributed by atoms with Gasteiger partial charge in [-0.05, 0) is 36.2 Å². The van der Waals surface area contributed by atoms with Crippen LogP contribution in [0.2, 0.25) is 0 Å². The highest BCUT2D eigenvalue weighted by molar-refractivity contribution is 5.94. The van der Waals surface area contributed by atoms with Crippen LogP contribution in [0.3, 0.4) is 0 Å². The third-order valence-electron chi connectivity index (χ3n) is 4.65. The summed E-state index contributed by atoms with van der Waals surface area (Å²) in [6, 6.07) is 16.9. The van der Waals surface area contributed by atoms with Crippen molar-refractivity contribution in [3.63, 3.8) is 0 Å². The van der Waals surface area contributed by atoms with E-state index in [-0.39, 0.29) is 32.0 Å². The minimum atomic E-state index is -0.436. The minimum Gasteiger partial charge on any atom is -0.395 e. The molecule has 28 heavy (non-hydrogen) atoms. The number of aromatic nitrogens is 1. The maximum Gasteiger partial charge on any atom is 0.246 e. The van der Waals surface area contributed by atoms with E-state index >= 15 is 0 Å². The van der Waals surface area contributed by atoms with Crippen LogP contribution in [-0.2, 0) is 22.6 Å². The molecule has 0 unspecified atom stereocenters. The van der Waals surface area contributed by atoms with Gasteiger partial charge in [-0.3, -0.25) is 14.8 Å². The summed E-state index contributed by atoms with van der Waals surface area (Å²) in [5.41, 5.74) is 4.25. The number of benzene rings is 2. The van der Waals surface area contributed by atoms with Crippen molar-refractivity contribution in [1.29, 1.82) is 0 Å². The van der Waals surface area contributed by atoms with Gasteiger partial charge >= 0.3 is 0 Å². The first kappa shape index (κ1) is 19.6. The smallest absolute Gasteiger partial charge is 0.246 e. The topological polar surface area (TPSA) is 94.8 Å². The summed E-state index contributed by atoms with van der Waals surface area (Å²) >= 11 is 0. The quantitative estimate of drug-likeness (QED) is 0.411. The summed E-state index contributed by atoms with van der Waals surface area (Å²) in [5, 5.41) is 19.0. The number of rotatable bonds is 8. The molecule has 1 aromatic heterocycles. The predicted molar refractivity (Wildman–Crippen MR) is 106 cm³/mol. The molecule has 0 spiro atoms. The number of aliphatic hydroxyl groups is 1. The van der Waals surface area contributed by atoms with Crippen LogP contribution in [0.1, 0.15) is 12.0 Å². The van der Waals surface area contributed by atoms with E-state index in [1.165, 1.54) is 0 Å². The second-order valence-electron chi connectivity index (χ2n) is 6.43. The van der Waals surface area contributed by atoms with E-state index in [1.54, 1.807) is 10.4 Å². The van der Waals surface area contributed by atoms with Crippen molar-refractivity contribution in [3.05, 3.63) is 66.4 Å². The summed E-state index contributed by atoms with van der Waals surface area (Å²) in [6.07, 6.45) is 2.51. The van der Waals surface area contributed by atoms with Crippen LogP contribution in [0.25, 0.3) is 10.9 Å². The maximum absolute atomic E-state index is 12.9. The van der Waals surface area contributed by atoms with Crippen LogP contribution in [0.5, 0.6) is 0 Å². The zero-order valence-electron chi connectivity index (χ0n) is 15.4. The molecule has 0 radical (unpaired) electrons. The van der Waals surface area contributed by atoms with Crippen molar-refractivity contribution in [1.82, 2.24) is 10.0 Å². The number of nitrogens with zero attached hydrogens (tertiary/aromatic N) is 2. The molecule has 7 heteroatoms. The standard InChI is InChI=1S/C21H23N3O4/c25-14-13-24(17-6-2-1-3-7-17)21(27)15-23-12-11-18-16(5-4-8-19(18)23)9-10-20(26)22-28/h1-8,11-12,25,28H,9-10,13-15H2,(H,22,26). The Morgan fingerprint density at radius 2 is 1.82 bits per heavy atom. The molecule has 3 rings (SSSR count). The summed E-state index contributed by atoms with van der Waals surface area (Å²) in [6.45, 7) is 0.243. The number of hydroxylamine groups is 1. The lowest BCUT2D eigenvalue weighted by Crippen LogP contribution is -2.36. The summed E-state index contributed by atoms with van der Waals surface area (Å²) in [4.78, 5) is 25.8. The van der Waals surface area contributed by atoms with Gasteiger partial charge < -0.3 is 14.6 Å². The Bertz CT molecular complexity index is 953. The fourth-order valence-corrected chi connectivity index (χ4v) is 3.28. The molecular weight excluding hydrogens is 358 g/mol. The second-order valence-corrected chi connectivity index (χ2v) is 6.43. The van der Waals surface area contributed by atoms with E-state index in [0.717, 1.165) is 22.2 Å². The molecular formula is C21H23N3O4. The Hall–Kier alpha value is -3.16. The number of nitrogens with one attached hydrogen (secondary N) is 1. The van der Waals surface area contributed by atoms with Crippen molar-refractivity contribution in [3.8, 4) is 0 Å². The van der Waals surface area contributed by atoms with Gasteiger partial charge in [0, 0.05) is 35.8 Å². The molecule has 7 nitrogen and oxygen atoms in total. The van der Waals surface area contributed by atoms with Crippen molar-refractivity contribution in [2.75, 3.05) is 18.1 Å². The summed E-state index contributed by atoms with van der Waals surface area (Å²) < 4.78 is 1.86. The molecule has 0 aliphatic rings. The van der Waals surface area contributed by atoms with Crippen molar-refractivity contribution in [2.24, 2.45) is 0 Å². The average molecular weight is 381 g/mol. The molecule has 0 saturated heterocycles. The Morgan fingerprint density at radius 1 is 1.04 bits per heavy atom. The fraction of sp³-hybridized carbons (Fsp3) is 0.238. The number of para-hydroxylation sites is 1. The Morgan fingerprint density at radius 3 is 2.54 bits per heavy atom. The first-order valence-corrected chi connectivity index (χ1v) is 9.10. The normalized spacial score (nSPS) is 10.8. The van der Waals surface area contributed by atoms with Crippen LogP contribution < -0.4 is 10.4 Å². The zero-order chi connectivity index (χ0) is 19.9. The first-order chi connectivity index (χ1) is 13.6. The first-order valence-electron chi connectivity index (χ1n) is 9.10. The van der Waals surface area contributed by atoms with E-state index in [2.05, 4.69) is 0 Å². The predicted octanol–water partition coefficient (Wildman–Crippen LogP) is 2.10. The molecule has 146 valence electrons. The lowest BCUT2D eigenvalue weighted by atomic mass is 10.1.